The van der Waals surface area contributed by atoms with E-state index in [0.717, 1.165) is 22.4 Å². The molecule has 6 nitrogen and oxygen atoms in total. The standard InChI is InChI=1S/C24H29N3O3/c1-17(2)13-14-24(3)22(29)27(23(30)26-24)16-21(28)25-20-12-8-7-11-19(20)15-18-9-5-4-6-10-18/h4-12,17H,13-16H2,1-3H3,(H,25,28)(H,26,30). The fraction of sp³-hybridized carbons (Fsp3) is 0.375. The molecule has 3 rings (SSSR count). The minimum Gasteiger partial charge on any atom is -0.324 e. The minimum atomic E-state index is -0.952. The molecule has 4 amide bonds. The molecule has 30 heavy (non-hydrogen) atoms. The lowest BCUT2D eigenvalue weighted by molar-refractivity contribution is -0.133. The number of carbonyl (C=O) groups is 3. The first-order chi connectivity index (χ1) is 14.3. The monoisotopic (exact) mass is 407 g/mol. The average Bonchev–Trinajstić information content (AvgIpc) is 2.92. The van der Waals surface area contributed by atoms with Gasteiger partial charge < -0.3 is 10.6 Å². The number of para-hydroxylation sites is 1. The third kappa shape index (κ3) is 5.06. The molecule has 0 saturated carbocycles. The Morgan fingerprint density at radius 1 is 1.07 bits per heavy atom. The summed E-state index contributed by atoms with van der Waals surface area (Å²) in [5.74, 6) is -0.321. The van der Waals surface area contributed by atoms with Crippen molar-refractivity contribution in [2.24, 2.45) is 5.92 Å². The van der Waals surface area contributed by atoms with Gasteiger partial charge in [-0.25, -0.2) is 4.79 Å². The zero-order chi connectivity index (χ0) is 21.7. The summed E-state index contributed by atoms with van der Waals surface area (Å²) < 4.78 is 0. The number of rotatable bonds is 8. The van der Waals surface area contributed by atoms with Crippen LogP contribution in [0.1, 0.15) is 44.7 Å². The van der Waals surface area contributed by atoms with Crippen molar-refractivity contribution in [3.63, 3.8) is 0 Å². The van der Waals surface area contributed by atoms with Gasteiger partial charge in [0.2, 0.25) is 5.91 Å². The summed E-state index contributed by atoms with van der Waals surface area (Å²) in [5.41, 5.74) is 1.83. The molecule has 1 atom stereocenters. The molecular formula is C24H29N3O3. The second-order valence-corrected chi connectivity index (χ2v) is 8.45. The van der Waals surface area contributed by atoms with E-state index >= 15 is 0 Å². The Hall–Kier alpha value is -3.15. The van der Waals surface area contributed by atoms with Crippen LogP contribution < -0.4 is 10.6 Å². The van der Waals surface area contributed by atoms with E-state index in [1.165, 1.54) is 0 Å². The fourth-order valence-corrected chi connectivity index (χ4v) is 3.58. The number of amides is 4. The first-order valence-electron chi connectivity index (χ1n) is 10.3. The number of hydrogen-bond donors (Lipinski definition) is 2. The third-order valence-corrected chi connectivity index (χ3v) is 5.40. The van der Waals surface area contributed by atoms with E-state index in [2.05, 4.69) is 24.5 Å². The van der Waals surface area contributed by atoms with Gasteiger partial charge >= 0.3 is 6.03 Å². The van der Waals surface area contributed by atoms with Crippen LogP contribution in [-0.2, 0) is 16.0 Å². The summed E-state index contributed by atoms with van der Waals surface area (Å²) in [5, 5.41) is 5.62. The second-order valence-electron chi connectivity index (χ2n) is 8.45. The van der Waals surface area contributed by atoms with E-state index in [9.17, 15) is 14.4 Å². The quantitative estimate of drug-likeness (QED) is 0.650. The van der Waals surface area contributed by atoms with Crippen LogP contribution in [0.15, 0.2) is 54.6 Å². The zero-order valence-electron chi connectivity index (χ0n) is 17.8. The highest BCUT2D eigenvalue weighted by Gasteiger charge is 2.47. The maximum absolute atomic E-state index is 12.8. The Morgan fingerprint density at radius 2 is 1.73 bits per heavy atom. The van der Waals surface area contributed by atoms with Crippen molar-refractivity contribution in [3.8, 4) is 0 Å². The molecule has 1 unspecified atom stereocenters. The Balaban J connectivity index is 1.66. The summed E-state index contributed by atoms with van der Waals surface area (Å²) >= 11 is 0. The third-order valence-electron chi connectivity index (χ3n) is 5.40. The molecule has 1 heterocycles. The van der Waals surface area contributed by atoms with Gasteiger partial charge in [-0.3, -0.25) is 14.5 Å². The largest absolute Gasteiger partial charge is 0.325 e. The summed E-state index contributed by atoms with van der Waals surface area (Å²) in [4.78, 5) is 38.8. The van der Waals surface area contributed by atoms with Gasteiger partial charge in [0.25, 0.3) is 5.91 Å². The lowest BCUT2D eigenvalue weighted by Crippen LogP contribution is -2.44. The lowest BCUT2D eigenvalue weighted by atomic mass is 9.92. The Kier molecular flexibility index (Phi) is 6.55. The second kappa shape index (κ2) is 9.11. The molecule has 0 spiro atoms. The number of urea groups is 1. The molecule has 2 N–H and O–H groups in total. The maximum Gasteiger partial charge on any atom is 0.325 e. The summed E-state index contributed by atoms with van der Waals surface area (Å²) in [6.07, 6.45) is 2.04. The van der Waals surface area contributed by atoms with Crippen LogP contribution in [0.4, 0.5) is 10.5 Å². The Bertz CT molecular complexity index is 926. The molecule has 0 radical (unpaired) electrons. The number of anilines is 1. The SMILES string of the molecule is CC(C)CCC1(C)NC(=O)N(CC(=O)Nc2ccccc2Cc2ccccc2)C1=O. The van der Waals surface area contributed by atoms with E-state index in [1.54, 1.807) is 6.92 Å². The highest BCUT2D eigenvalue weighted by Crippen LogP contribution is 2.25. The molecule has 2 aromatic rings. The van der Waals surface area contributed by atoms with Crippen LogP contribution in [0.3, 0.4) is 0 Å². The number of hydrogen-bond acceptors (Lipinski definition) is 3. The topological polar surface area (TPSA) is 78.5 Å². The number of nitrogens with one attached hydrogen (secondary N) is 2. The van der Waals surface area contributed by atoms with Crippen molar-refractivity contribution in [2.75, 3.05) is 11.9 Å². The van der Waals surface area contributed by atoms with Crippen LogP contribution >= 0.6 is 0 Å². The van der Waals surface area contributed by atoms with Crippen molar-refractivity contribution in [1.29, 1.82) is 0 Å². The van der Waals surface area contributed by atoms with E-state index in [-0.39, 0.29) is 12.5 Å². The van der Waals surface area contributed by atoms with Gasteiger partial charge in [0.15, 0.2) is 0 Å². The smallest absolute Gasteiger partial charge is 0.324 e. The lowest BCUT2D eigenvalue weighted by Gasteiger charge is -2.22. The van der Waals surface area contributed by atoms with Gasteiger partial charge in [0.1, 0.15) is 12.1 Å². The van der Waals surface area contributed by atoms with Gasteiger partial charge in [-0.15, -0.1) is 0 Å². The van der Waals surface area contributed by atoms with Gasteiger partial charge in [0.05, 0.1) is 0 Å². The zero-order valence-corrected chi connectivity index (χ0v) is 17.8. The maximum atomic E-state index is 12.8. The van der Waals surface area contributed by atoms with Gasteiger partial charge in [-0.1, -0.05) is 62.4 Å². The van der Waals surface area contributed by atoms with Crippen molar-refractivity contribution >= 4 is 23.5 Å². The van der Waals surface area contributed by atoms with Gasteiger partial charge in [-0.2, -0.15) is 0 Å². The van der Waals surface area contributed by atoms with E-state index in [0.29, 0.717) is 24.4 Å². The normalized spacial score (nSPS) is 18.6. The Labute approximate surface area is 177 Å². The first-order valence-corrected chi connectivity index (χ1v) is 10.3. The molecular weight excluding hydrogens is 378 g/mol. The van der Waals surface area contributed by atoms with Crippen molar-refractivity contribution in [1.82, 2.24) is 10.2 Å². The minimum absolute atomic E-state index is 0.304. The van der Waals surface area contributed by atoms with Crippen molar-refractivity contribution < 1.29 is 14.4 Å². The number of carbonyl (C=O) groups excluding carboxylic acids is 3. The molecule has 0 bridgehead atoms. The van der Waals surface area contributed by atoms with E-state index < -0.39 is 17.5 Å². The van der Waals surface area contributed by atoms with Crippen LogP contribution in [0, 0.1) is 5.92 Å². The molecule has 1 fully saturated rings. The molecule has 158 valence electrons. The van der Waals surface area contributed by atoms with Crippen molar-refractivity contribution in [3.05, 3.63) is 65.7 Å². The average molecular weight is 408 g/mol. The highest BCUT2D eigenvalue weighted by molar-refractivity contribution is 6.10. The van der Waals surface area contributed by atoms with Crippen LogP contribution in [0.25, 0.3) is 0 Å². The molecule has 6 heteroatoms. The van der Waals surface area contributed by atoms with Crippen LogP contribution in [-0.4, -0.2) is 34.8 Å². The number of benzene rings is 2. The van der Waals surface area contributed by atoms with Gasteiger partial charge in [-0.05, 0) is 49.3 Å². The highest BCUT2D eigenvalue weighted by atomic mass is 16.2. The predicted octanol–water partition coefficient (Wildman–Crippen LogP) is 3.96. The molecule has 1 saturated heterocycles. The molecule has 0 aliphatic carbocycles. The Morgan fingerprint density at radius 3 is 2.43 bits per heavy atom. The first kappa shape index (κ1) is 21.6. The fourth-order valence-electron chi connectivity index (χ4n) is 3.58. The summed E-state index contributed by atoms with van der Waals surface area (Å²) in [7, 11) is 0. The predicted molar refractivity (Wildman–Crippen MR) is 117 cm³/mol. The number of imide groups is 1. The van der Waals surface area contributed by atoms with E-state index in [4.69, 9.17) is 0 Å². The molecule has 0 aromatic heterocycles. The number of nitrogens with zero attached hydrogens (tertiary/aromatic N) is 1. The van der Waals surface area contributed by atoms with Crippen LogP contribution in [0.5, 0.6) is 0 Å². The van der Waals surface area contributed by atoms with E-state index in [1.807, 2.05) is 54.6 Å². The molecule has 1 aliphatic heterocycles. The molecule has 1 aliphatic rings. The van der Waals surface area contributed by atoms with Crippen molar-refractivity contribution in [2.45, 2.75) is 45.6 Å². The van der Waals surface area contributed by atoms with Crippen LogP contribution in [0.2, 0.25) is 0 Å². The summed E-state index contributed by atoms with van der Waals surface area (Å²) in [6.45, 7) is 5.57. The summed E-state index contributed by atoms with van der Waals surface area (Å²) in [6, 6.07) is 17.0. The molecule has 2 aromatic carbocycles. The van der Waals surface area contributed by atoms with Gasteiger partial charge in [0, 0.05) is 5.69 Å².